The van der Waals surface area contributed by atoms with Crippen LogP contribution in [-0.2, 0) is 28.6 Å². The van der Waals surface area contributed by atoms with E-state index < -0.39 is 6.10 Å². The fourth-order valence-corrected chi connectivity index (χ4v) is 8.22. The van der Waals surface area contributed by atoms with Crippen LogP contribution in [0, 0.1) is 0 Å². The van der Waals surface area contributed by atoms with Crippen molar-refractivity contribution in [1.29, 1.82) is 0 Å². The van der Waals surface area contributed by atoms with Gasteiger partial charge in [-0.3, -0.25) is 14.4 Å². The summed E-state index contributed by atoms with van der Waals surface area (Å²) < 4.78 is 16.8. The molecule has 6 heteroatoms. The molecule has 1 atom stereocenters. The minimum Gasteiger partial charge on any atom is -0.462 e. The molecule has 0 aromatic rings. The normalized spacial score (nSPS) is 13.4. The highest BCUT2D eigenvalue weighted by atomic mass is 16.6. The van der Waals surface area contributed by atoms with Gasteiger partial charge in [0.15, 0.2) is 6.10 Å². The van der Waals surface area contributed by atoms with Gasteiger partial charge in [-0.05, 0) is 154 Å². The van der Waals surface area contributed by atoms with Crippen molar-refractivity contribution in [2.75, 3.05) is 13.2 Å². The van der Waals surface area contributed by atoms with Gasteiger partial charge < -0.3 is 14.2 Å². The summed E-state index contributed by atoms with van der Waals surface area (Å²) in [5.74, 6) is -1.07. The smallest absolute Gasteiger partial charge is 0.306 e. The van der Waals surface area contributed by atoms with E-state index in [4.69, 9.17) is 14.2 Å². The summed E-state index contributed by atoms with van der Waals surface area (Å²) >= 11 is 0. The van der Waals surface area contributed by atoms with Gasteiger partial charge in [-0.1, -0.05) is 273 Å². The van der Waals surface area contributed by atoms with Crippen molar-refractivity contribution in [3.63, 3.8) is 0 Å². The van der Waals surface area contributed by atoms with Crippen LogP contribution in [0.25, 0.3) is 0 Å². The third-order valence-corrected chi connectivity index (χ3v) is 13.1. The summed E-state index contributed by atoms with van der Waals surface area (Å²) in [4.78, 5) is 38.3. The Hall–Kier alpha value is -5.75. The lowest BCUT2D eigenvalue weighted by Gasteiger charge is -2.18. The Balaban J connectivity index is 4.46. The van der Waals surface area contributed by atoms with E-state index in [1.54, 1.807) is 0 Å². The van der Waals surface area contributed by atoms with Crippen molar-refractivity contribution in [3.05, 3.63) is 194 Å². The molecule has 0 bridgehead atoms. The predicted molar refractivity (Wildman–Crippen MR) is 361 cm³/mol. The van der Waals surface area contributed by atoms with Gasteiger partial charge in [0.05, 0.1) is 0 Å². The maximum absolute atomic E-state index is 12.9. The summed E-state index contributed by atoms with van der Waals surface area (Å²) in [6.07, 6.45) is 105. The van der Waals surface area contributed by atoms with E-state index in [1.807, 2.05) is 12.2 Å². The van der Waals surface area contributed by atoms with Crippen LogP contribution in [0.4, 0.5) is 0 Å². The zero-order valence-corrected chi connectivity index (χ0v) is 52.9. The second kappa shape index (κ2) is 68.7. The number of hydrogen-bond acceptors (Lipinski definition) is 6. The van der Waals surface area contributed by atoms with Crippen LogP contribution < -0.4 is 0 Å². The fraction of sp³-hybridized carbons (Fsp3) is 0.545. The molecule has 0 aliphatic rings. The minimum absolute atomic E-state index is 0.134. The van der Waals surface area contributed by atoms with Crippen LogP contribution in [0.2, 0.25) is 0 Å². The molecular formula is C77H118O6. The average Bonchev–Trinajstić information content (AvgIpc) is 3.49. The number of hydrogen-bond donors (Lipinski definition) is 0. The van der Waals surface area contributed by atoms with E-state index in [9.17, 15) is 14.4 Å². The lowest BCUT2D eigenvalue weighted by molar-refractivity contribution is -0.166. The topological polar surface area (TPSA) is 78.9 Å². The lowest BCUT2D eigenvalue weighted by atomic mass is 10.1. The molecule has 462 valence electrons. The van der Waals surface area contributed by atoms with Crippen molar-refractivity contribution in [2.24, 2.45) is 0 Å². The van der Waals surface area contributed by atoms with Crippen LogP contribution in [0.15, 0.2) is 194 Å². The van der Waals surface area contributed by atoms with Gasteiger partial charge >= 0.3 is 17.9 Å². The van der Waals surface area contributed by atoms with Crippen LogP contribution in [0.5, 0.6) is 0 Å². The fourth-order valence-electron chi connectivity index (χ4n) is 8.22. The molecule has 0 aromatic carbocycles. The molecular weight excluding hydrogens is 1020 g/mol. The third kappa shape index (κ3) is 66.9. The second-order valence-electron chi connectivity index (χ2n) is 20.9. The largest absolute Gasteiger partial charge is 0.462 e. The number of rotatable bonds is 57. The third-order valence-electron chi connectivity index (χ3n) is 13.1. The summed E-state index contributed by atoms with van der Waals surface area (Å²) in [7, 11) is 0. The first-order chi connectivity index (χ1) is 41.0. The number of allylic oxidation sites excluding steroid dienone is 32. The molecule has 83 heavy (non-hydrogen) atoms. The maximum atomic E-state index is 12.9. The van der Waals surface area contributed by atoms with E-state index in [0.717, 1.165) is 128 Å². The Morgan fingerprint density at radius 3 is 0.831 bits per heavy atom. The first kappa shape index (κ1) is 77.2. The molecule has 0 saturated carbocycles. The van der Waals surface area contributed by atoms with Crippen LogP contribution in [0.3, 0.4) is 0 Å². The molecule has 0 aliphatic carbocycles. The second-order valence-corrected chi connectivity index (χ2v) is 20.9. The Labute approximate surface area is 509 Å². The molecule has 0 N–H and O–H groups in total. The molecule has 1 unspecified atom stereocenters. The average molecular weight is 1140 g/mol. The molecule has 0 fully saturated rings. The van der Waals surface area contributed by atoms with Crippen LogP contribution >= 0.6 is 0 Å². The van der Waals surface area contributed by atoms with E-state index >= 15 is 0 Å². The summed E-state index contributed by atoms with van der Waals surface area (Å²) in [5, 5.41) is 0. The highest BCUT2D eigenvalue weighted by Gasteiger charge is 2.19. The molecule has 0 amide bonds. The van der Waals surface area contributed by atoms with E-state index in [2.05, 4.69) is 203 Å². The predicted octanol–water partition coefficient (Wildman–Crippen LogP) is 23.0. The highest BCUT2D eigenvalue weighted by Crippen LogP contribution is 2.14. The summed E-state index contributed by atoms with van der Waals surface area (Å²) in [6.45, 7) is 6.27. The molecule has 0 aliphatic heterocycles. The van der Waals surface area contributed by atoms with Gasteiger partial charge in [-0.25, -0.2) is 0 Å². The van der Waals surface area contributed by atoms with Crippen molar-refractivity contribution in [2.45, 2.75) is 258 Å². The molecule has 0 aromatic heterocycles. The van der Waals surface area contributed by atoms with Crippen LogP contribution in [-0.4, -0.2) is 37.2 Å². The van der Waals surface area contributed by atoms with Gasteiger partial charge in [0.1, 0.15) is 13.2 Å². The Bertz CT molecular complexity index is 1990. The summed E-state index contributed by atoms with van der Waals surface area (Å²) in [6, 6.07) is 0. The van der Waals surface area contributed by atoms with Gasteiger partial charge in [-0.2, -0.15) is 0 Å². The quantitative estimate of drug-likeness (QED) is 0.0261. The monoisotopic (exact) mass is 1140 g/mol. The first-order valence-electron chi connectivity index (χ1n) is 32.9. The van der Waals surface area contributed by atoms with Crippen molar-refractivity contribution >= 4 is 17.9 Å². The molecule has 0 saturated heterocycles. The first-order valence-corrected chi connectivity index (χ1v) is 32.9. The minimum atomic E-state index is -0.839. The van der Waals surface area contributed by atoms with Gasteiger partial charge in [0.25, 0.3) is 0 Å². The lowest BCUT2D eigenvalue weighted by Crippen LogP contribution is -2.30. The van der Waals surface area contributed by atoms with Gasteiger partial charge in [-0.15, -0.1) is 0 Å². The number of carbonyl (C=O) groups is 3. The Morgan fingerprint density at radius 1 is 0.253 bits per heavy atom. The Kier molecular flexibility index (Phi) is 64.0. The molecule has 0 radical (unpaired) electrons. The SMILES string of the molecule is CC/C=C\C/C=C\C/C=C\C/C=C\C/C=C\C/C=C\C/C=C\C/C=C\C/C=C\C/C=C\CCCCC(=O)OCC(COC(=O)CC/C=C\C/C=C\C/C=C\C/C=C\CC)OC(=O)CCCCCCCCCCC/C=C\C/C=C\CCCCC. The van der Waals surface area contributed by atoms with Gasteiger partial charge in [0, 0.05) is 19.3 Å². The highest BCUT2D eigenvalue weighted by molar-refractivity contribution is 5.71. The van der Waals surface area contributed by atoms with E-state index in [1.165, 1.54) is 70.6 Å². The number of ether oxygens (including phenoxy) is 3. The van der Waals surface area contributed by atoms with Crippen molar-refractivity contribution in [3.8, 4) is 0 Å². The van der Waals surface area contributed by atoms with Crippen LogP contribution in [0.1, 0.15) is 252 Å². The Morgan fingerprint density at radius 2 is 0.494 bits per heavy atom. The number of unbranched alkanes of at least 4 members (excludes halogenated alkanes) is 14. The zero-order valence-electron chi connectivity index (χ0n) is 52.9. The molecule has 6 nitrogen and oxygen atoms in total. The van der Waals surface area contributed by atoms with E-state index in [0.29, 0.717) is 12.8 Å². The zero-order chi connectivity index (χ0) is 59.9. The van der Waals surface area contributed by atoms with Gasteiger partial charge in [0.2, 0.25) is 0 Å². The standard InChI is InChI=1S/C77H118O6/c1-4-7-10-13-16-19-22-25-27-29-31-32-33-34-35-36-37-38-39-40-41-42-43-44-46-47-49-52-55-58-61-64-67-70-76(79)82-73-74(72-81-75(78)69-66-63-60-57-54-51-24-21-18-15-12-9-6-3)83-77(80)71-68-65-62-59-56-53-50-48-45-30-28-26-23-20-17-14-11-8-5-2/h7,9-10,12,16-21,25-28,31-32,34-35,37-38,40-41,43-44,47,49,51,54-55,58,60,63,74H,4-6,8,11,13-15,22-24,29-30,33,36,39,42,45-46,48,50,52-53,56-57,59,61-62,64-73H2,1-3H3/b10-7-,12-9-,19-16-,20-17-,21-18-,27-25-,28-26-,32-31-,35-34-,38-37-,41-40-,44-43-,49-47-,54-51-,58-55-,63-60-. The van der Waals surface area contributed by atoms with Crippen molar-refractivity contribution in [1.82, 2.24) is 0 Å². The molecule has 0 rings (SSSR count). The maximum Gasteiger partial charge on any atom is 0.306 e. The molecule has 0 heterocycles. The summed E-state index contributed by atoms with van der Waals surface area (Å²) in [5.41, 5.74) is 0. The molecule has 0 spiro atoms. The number of carbonyl (C=O) groups excluding carboxylic acids is 3. The van der Waals surface area contributed by atoms with E-state index in [-0.39, 0.29) is 50.4 Å². The van der Waals surface area contributed by atoms with Crippen molar-refractivity contribution < 1.29 is 28.6 Å². The number of esters is 3.